The Labute approximate surface area is 117 Å². The van der Waals surface area contributed by atoms with Crippen molar-refractivity contribution in [3.05, 3.63) is 63.6 Å². The number of benzene rings is 2. The molecule has 0 heterocycles. The lowest BCUT2D eigenvalue weighted by Crippen LogP contribution is -2.03. The SMILES string of the molecule is COc1ccc(C(=O)c2ccc(F)c(Br)c2)cc1F. The molecule has 0 fully saturated rings. The maximum Gasteiger partial charge on any atom is 0.193 e. The lowest BCUT2D eigenvalue weighted by molar-refractivity contribution is 0.103. The summed E-state index contributed by atoms with van der Waals surface area (Å²) in [5, 5.41) is 0. The van der Waals surface area contributed by atoms with Gasteiger partial charge in [-0.25, -0.2) is 8.78 Å². The molecule has 0 unspecified atom stereocenters. The van der Waals surface area contributed by atoms with Crippen molar-refractivity contribution in [3.8, 4) is 5.75 Å². The Kier molecular flexibility index (Phi) is 3.95. The Hall–Kier alpha value is -1.75. The summed E-state index contributed by atoms with van der Waals surface area (Å²) in [5.41, 5.74) is 0.453. The van der Waals surface area contributed by atoms with E-state index < -0.39 is 11.6 Å². The summed E-state index contributed by atoms with van der Waals surface area (Å²) in [6, 6.07) is 7.82. The summed E-state index contributed by atoms with van der Waals surface area (Å²) in [6.07, 6.45) is 0. The Bertz CT molecular complexity index is 641. The van der Waals surface area contributed by atoms with Crippen LogP contribution in [0, 0.1) is 11.6 Å². The van der Waals surface area contributed by atoms with E-state index in [1.165, 1.54) is 37.4 Å². The average Bonchev–Trinajstić information content (AvgIpc) is 2.41. The normalized spacial score (nSPS) is 10.3. The van der Waals surface area contributed by atoms with Gasteiger partial charge in [0.1, 0.15) is 5.82 Å². The highest BCUT2D eigenvalue weighted by molar-refractivity contribution is 9.10. The molecule has 0 atom stereocenters. The van der Waals surface area contributed by atoms with Gasteiger partial charge in [-0.3, -0.25) is 4.79 Å². The van der Waals surface area contributed by atoms with E-state index in [2.05, 4.69) is 15.9 Å². The zero-order valence-electron chi connectivity index (χ0n) is 9.91. The lowest BCUT2D eigenvalue weighted by atomic mass is 10.0. The molecule has 19 heavy (non-hydrogen) atoms. The van der Waals surface area contributed by atoms with Crippen molar-refractivity contribution in [2.75, 3.05) is 7.11 Å². The van der Waals surface area contributed by atoms with Crippen molar-refractivity contribution in [3.63, 3.8) is 0 Å². The predicted molar refractivity (Wildman–Crippen MR) is 70.5 cm³/mol. The van der Waals surface area contributed by atoms with Gasteiger partial charge in [0.25, 0.3) is 0 Å². The molecule has 98 valence electrons. The van der Waals surface area contributed by atoms with Crippen LogP contribution in [0.2, 0.25) is 0 Å². The van der Waals surface area contributed by atoms with Gasteiger partial charge in [-0.1, -0.05) is 0 Å². The van der Waals surface area contributed by atoms with Crippen LogP contribution in [-0.4, -0.2) is 12.9 Å². The molecule has 5 heteroatoms. The van der Waals surface area contributed by atoms with Crippen LogP contribution in [0.1, 0.15) is 15.9 Å². The largest absolute Gasteiger partial charge is 0.494 e. The smallest absolute Gasteiger partial charge is 0.193 e. The Morgan fingerprint density at radius 2 is 1.68 bits per heavy atom. The first-order valence-electron chi connectivity index (χ1n) is 5.36. The van der Waals surface area contributed by atoms with Crippen LogP contribution in [0.4, 0.5) is 8.78 Å². The number of carbonyl (C=O) groups excluding carboxylic acids is 1. The fraction of sp³-hybridized carbons (Fsp3) is 0.0714. The quantitative estimate of drug-likeness (QED) is 0.798. The monoisotopic (exact) mass is 326 g/mol. The van der Waals surface area contributed by atoms with E-state index in [0.717, 1.165) is 6.07 Å². The molecule has 0 aliphatic rings. The van der Waals surface area contributed by atoms with Gasteiger partial charge in [0.15, 0.2) is 17.3 Å². The van der Waals surface area contributed by atoms with Gasteiger partial charge in [0, 0.05) is 11.1 Å². The second-order valence-corrected chi connectivity index (χ2v) is 4.66. The molecule has 0 aliphatic heterocycles. The van der Waals surface area contributed by atoms with Gasteiger partial charge in [0.2, 0.25) is 0 Å². The zero-order chi connectivity index (χ0) is 14.0. The third kappa shape index (κ3) is 2.81. The van der Waals surface area contributed by atoms with Gasteiger partial charge < -0.3 is 4.74 Å². The van der Waals surface area contributed by atoms with E-state index >= 15 is 0 Å². The van der Waals surface area contributed by atoms with Crippen molar-refractivity contribution >= 4 is 21.7 Å². The highest BCUT2D eigenvalue weighted by Gasteiger charge is 2.13. The Morgan fingerprint density at radius 3 is 2.26 bits per heavy atom. The highest BCUT2D eigenvalue weighted by Crippen LogP contribution is 2.22. The molecule has 2 rings (SSSR count). The third-order valence-corrected chi connectivity index (χ3v) is 3.20. The van der Waals surface area contributed by atoms with Crippen LogP contribution in [0.25, 0.3) is 0 Å². The van der Waals surface area contributed by atoms with E-state index in [9.17, 15) is 13.6 Å². The molecular weight excluding hydrogens is 318 g/mol. The van der Waals surface area contributed by atoms with Gasteiger partial charge in [0.05, 0.1) is 11.6 Å². The first-order valence-corrected chi connectivity index (χ1v) is 6.15. The number of hydrogen-bond acceptors (Lipinski definition) is 2. The Balaban J connectivity index is 2.38. The molecule has 0 aromatic heterocycles. The standard InChI is InChI=1S/C14H9BrF2O2/c1-19-13-5-3-9(7-12(13)17)14(18)8-2-4-11(16)10(15)6-8/h2-7H,1H3. The van der Waals surface area contributed by atoms with Gasteiger partial charge in [-0.2, -0.15) is 0 Å². The van der Waals surface area contributed by atoms with Crippen molar-refractivity contribution < 1.29 is 18.3 Å². The van der Waals surface area contributed by atoms with E-state index in [1.54, 1.807) is 0 Å². The van der Waals surface area contributed by atoms with Gasteiger partial charge in [-0.05, 0) is 52.3 Å². The molecule has 0 saturated carbocycles. The number of carbonyl (C=O) groups is 1. The number of rotatable bonds is 3. The summed E-state index contributed by atoms with van der Waals surface area (Å²) < 4.78 is 31.6. The minimum atomic E-state index is -0.616. The van der Waals surface area contributed by atoms with E-state index in [0.29, 0.717) is 0 Å². The molecule has 2 aromatic rings. The van der Waals surface area contributed by atoms with E-state index in [4.69, 9.17) is 4.74 Å². The van der Waals surface area contributed by atoms with Crippen molar-refractivity contribution in [1.82, 2.24) is 0 Å². The molecule has 2 nitrogen and oxygen atoms in total. The summed E-state index contributed by atoms with van der Waals surface area (Å²) in [7, 11) is 1.34. The topological polar surface area (TPSA) is 26.3 Å². The van der Waals surface area contributed by atoms with Crippen LogP contribution < -0.4 is 4.74 Å². The number of hydrogen-bond donors (Lipinski definition) is 0. The average molecular weight is 327 g/mol. The van der Waals surface area contributed by atoms with Crippen LogP contribution in [0.3, 0.4) is 0 Å². The van der Waals surface area contributed by atoms with Crippen LogP contribution in [0.15, 0.2) is 40.9 Å². The second kappa shape index (κ2) is 5.48. The van der Waals surface area contributed by atoms with E-state index in [1.807, 2.05) is 0 Å². The van der Waals surface area contributed by atoms with Crippen LogP contribution in [0.5, 0.6) is 5.75 Å². The fourth-order valence-electron chi connectivity index (χ4n) is 1.61. The summed E-state index contributed by atoms with van der Waals surface area (Å²) in [5.74, 6) is -1.40. The van der Waals surface area contributed by atoms with Gasteiger partial charge >= 0.3 is 0 Å². The first-order chi connectivity index (χ1) is 9.02. The first kappa shape index (κ1) is 13.7. The minimum absolute atomic E-state index is 0.0665. The lowest BCUT2D eigenvalue weighted by Gasteiger charge is -2.05. The molecule has 2 aromatic carbocycles. The second-order valence-electron chi connectivity index (χ2n) is 3.81. The Morgan fingerprint density at radius 1 is 1.05 bits per heavy atom. The summed E-state index contributed by atoms with van der Waals surface area (Å²) in [6.45, 7) is 0. The zero-order valence-corrected chi connectivity index (χ0v) is 11.5. The number of ether oxygens (including phenoxy) is 1. The maximum atomic E-state index is 13.5. The molecule has 0 N–H and O–H groups in total. The molecule has 0 bridgehead atoms. The molecule has 0 amide bonds. The van der Waals surface area contributed by atoms with E-state index in [-0.39, 0.29) is 27.1 Å². The minimum Gasteiger partial charge on any atom is -0.494 e. The predicted octanol–water partition coefficient (Wildman–Crippen LogP) is 3.97. The van der Waals surface area contributed by atoms with Crippen LogP contribution in [-0.2, 0) is 0 Å². The summed E-state index contributed by atoms with van der Waals surface area (Å²) >= 11 is 3.00. The molecule has 0 saturated heterocycles. The number of halogens is 3. The van der Waals surface area contributed by atoms with Gasteiger partial charge in [-0.15, -0.1) is 0 Å². The molecular formula is C14H9BrF2O2. The van der Waals surface area contributed by atoms with Crippen molar-refractivity contribution in [2.24, 2.45) is 0 Å². The van der Waals surface area contributed by atoms with Crippen LogP contribution >= 0.6 is 15.9 Å². The van der Waals surface area contributed by atoms with Crippen molar-refractivity contribution in [2.45, 2.75) is 0 Å². The third-order valence-electron chi connectivity index (χ3n) is 2.60. The molecule has 0 aliphatic carbocycles. The molecule has 0 radical (unpaired) electrons. The number of ketones is 1. The fourth-order valence-corrected chi connectivity index (χ4v) is 1.99. The molecule has 0 spiro atoms. The maximum absolute atomic E-state index is 13.5. The number of methoxy groups -OCH3 is 1. The highest BCUT2D eigenvalue weighted by atomic mass is 79.9. The summed E-state index contributed by atoms with van der Waals surface area (Å²) in [4.78, 5) is 12.1. The van der Waals surface area contributed by atoms with Crippen molar-refractivity contribution in [1.29, 1.82) is 0 Å².